The number of hydrogen-bond acceptors (Lipinski definition) is 1. The summed E-state index contributed by atoms with van der Waals surface area (Å²) < 4.78 is 0. The Morgan fingerprint density at radius 2 is 2.09 bits per heavy atom. The molecular formula is C8H9N2O. The molecule has 0 atom stereocenters. The topological polar surface area (TPSA) is 44.1 Å². The van der Waals surface area contributed by atoms with Crippen LogP contribution < -0.4 is 10.6 Å². The number of para-hydroxylation sites is 1. The Morgan fingerprint density at radius 3 is 2.64 bits per heavy atom. The molecule has 57 valence electrons. The molecular weight excluding hydrogens is 140 g/mol. The van der Waals surface area contributed by atoms with Gasteiger partial charge in [0.25, 0.3) is 0 Å². The highest BCUT2D eigenvalue weighted by atomic mass is 16.1. The minimum atomic E-state index is 0.363. The number of carbonyl (C=O) groups excluding carboxylic acids is 1. The lowest BCUT2D eigenvalue weighted by Crippen LogP contribution is -2.13. The lowest BCUT2D eigenvalue weighted by Gasteiger charge is -2.11. The van der Waals surface area contributed by atoms with Crippen LogP contribution in [0.5, 0.6) is 0 Å². The molecule has 0 aliphatic carbocycles. The standard InChI is InChI=1S/C8H9N2O/c1-10(6-11)8-5-3-2-4-7(8)9/h2-6,9H,1H3. The van der Waals surface area contributed by atoms with Crippen molar-refractivity contribution in [3.05, 3.63) is 24.3 Å². The van der Waals surface area contributed by atoms with E-state index in [2.05, 4.69) is 0 Å². The first-order chi connectivity index (χ1) is 5.25. The quantitative estimate of drug-likeness (QED) is 0.582. The predicted octanol–water partition coefficient (Wildman–Crippen LogP) is 1.19. The number of benzene rings is 1. The van der Waals surface area contributed by atoms with Crippen molar-refractivity contribution in [3.63, 3.8) is 0 Å². The lowest BCUT2D eigenvalue weighted by molar-refractivity contribution is -0.107. The average Bonchev–Trinajstić information content (AvgIpc) is 2.04. The van der Waals surface area contributed by atoms with E-state index < -0.39 is 0 Å². The molecule has 0 bridgehead atoms. The Labute approximate surface area is 65.4 Å². The molecule has 1 radical (unpaired) electrons. The highest BCUT2D eigenvalue weighted by Gasteiger charge is 2.01. The Morgan fingerprint density at radius 1 is 1.45 bits per heavy atom. The van der Waals surface area contributed by atoms with Gasteiger partial charge in [0.1, 0.15) is 0 Å². The largest absolute Gasteiger partial charge is 0.316 e. The fourth-order valence-electron chi connectivity index (χ4n) is 0.838. The van der Waals surface area contributed by atoms with E-state index in [4.69, 9.17) is 5.73 Å². The summed E-state index contributed by atoms with van der Waals surface area (Å²) in [5.74, 6) is 0. The van der Waals surface area contributed by atoms with Gasteiger partial charge >= 0.3 is 0 Å². The number of anilines is 1. The van der Waals surface area contributed by atoms with Crippen LogP contribution in [-0.4, -0.2) is 13.5 Å². The van der Waals surface area contributed by atoms with E-state index in [9.17, 15) is 4.79 Å². The second-order valence-electron chi connectivity index (χ2n) is 2.23. The number of hydrogen-bond donors (Lipinski definition) is 0. The highest BCUT2D eigenvalue weighted by Crippen LogP contribution is 2.20. The second-order valence-corrected chi connectivity index (χ2v) is 2.23. The molecule has 1 rings (SSSR count). The SMILES string of the molecule is CN(C=O)c1ccccc1[NH]. The van der Waals surface area contributed by atoms with E-state index in [1.807, 2.05) is 0 Å². The molecule has 0 aromatic heterocycles. The van der Waals surface area contributed by atoms with E-state index in [1.54, 1.807) is 31.3 Å². The number of nitrogens with one attached hydrogen (secondary N) is 1. The zero-order valence-corrected chi connectivity index (χ0v) is 6.24. The van der Waals surface area contributed by atoms with Crippen LogP contribution in [0.2, 0.25) is 0 Å². The molecule has 1 aromatic carbocycles. The average molecular weight is 149 g/mol. The van der Waals surface area contributed by atoms with Gasteiger partial charge < -0.3 is 4.90 Å². The summed E-state index contributed by atoms with van der Waals surface area (Å²) in [6.45, 7) is 0. The molecule has 0 unspecified atom stereocenters. The zero-order valence-electron chi connectivity index (χ0n) is 6.24. The van der Waals surface area contributed by atoms with Gasteiger partial charge in [0.05, 0.1) is 11.4 Å². The zero-order chi connectivity index (χ0) is 8.27. The fourth-order valence-corrected chi connectivity index (χ4v) is 0.838. The van der Waals surface area contributed by atoms with Crippen molar-refractivity contribution < 1.29 is 4.79 Å². The third-order valence-corrected chi connectivity index (χ3v) is 1.44. The van der Waals surface area contributed by atoms with Crippen LogP contribution in [0.15, 0.2) is 24.3 Å². The van der Waals surface area contributed by atoms with Gasteiger partial charge in [0.2, 0.25) is 6.41 Å². The maximum Gasteiger partial charge on any atom is 0.213 e. The third kappa shape index (κ3) is 1.49. The highest BCUT2D eigenvalue weighted by molar-refractivity contribution is 5.80. The Hall–Kier alpha value is -1.51. The first kappa shape index (κ1) is 7.60. The lowest BCUT2D eigenvalue weighted by atomic mass is 10.2. The number of amides is 1. The van der Waals surface area contributed by atoms with Crippen LogP contribution in [0.1, 0.15) is 0 Å². The molecule has 3 heteroatoms. The van der Waals surface area contributed by atoms with Gasteiger partial charge in [-0.15, -0.1) is 0 Å². The number of carbonyl (C=O) groups is 1. The van der Waals surface area contributed by atoms with Crippen LogP contribution in [-0.2, 0) is 4.79 Å². The predicted molar refractivity (Wildman–Crippen MR) is 43.7 cm³/mol. The smallest absolute Gasteiger partial charge is 0.213 e. The van der Waals surface area contributed by atoms with Gasteiger partial charge in [-0.2, -0.15) is 0 Å². The summed E-state index contributed by atoms with van der Waals surface area (Å²) in [6, 6.07) is 6.95. The third-order valence-electron chi connectivity index (χ3n) is 1.44. The summed E-state index contributed by atoms with van der Waals surface area (Å²) in [4.78, 5) is 11.7. The van der Waals surface area contributed by atoms with Gasteiger partial charge in [0, 0.05) is 7.05 Å². The monoisotopic (exact) mass is 149 g/mol. The van der Waals surface area contributed by atoms with Crippen LogP contribution in [0.25, 0.3) is 0 Å². The molecule has 0 saturated carbocycles. The second kappa shape index (κ2) is 3.05. The molecule has 1 N–H and O–H groups in total. The van der Waals surface area contributed by atoms with E-state index in [1.165, 1.54) is 4.90 Å². The maximum absolute atomic E-state index is 10.3. The summed E-state index contributed by atoms with van der Waals surface area (Å²) in [5.41, 5.74) is 8.39. The van der Waals surface area contributed by atoms with Crippen molar-refractivity contribution in [3.8, 4) is 0 Å². The Bertz CT molecular complexity index is 260. The molecule has 0 aliphatic rings. The van der Waals surface area contributed by atoms with Gasteiger partial charge in [-0.1, -0.05) is 12.1 Å². The van der Waals surface area contributed by atoms with Gasteiger partial charge in [-0.25, -0.2) is 0 Å². The summed E-state index contributed by atoms with van der Waals surface area (Å²) >= 11 is 0. The van der Waals surface area contributed by atoms with Gasteiger partial charge in [-0.05, 0) is 12.1 Å². The van der Waals surface area contributed by atoms with Crippen molar-refractivity contribution in [2.75, 3.05) is 11.9 Å². The normalized spacial score (nSPS) is 9.18. The van der Waals surface area contributed by atoms with E-state index in [-0.39, 0.29) is 0 Å². The number of nitrogens with zero attached hydrogens (tertiary/aromatic N) is 1. The van der Waals surface area contributed by atoms with E-state index in [0.29, 0.717) is 17.8 Å². The molecule has 1 amide bonds. The van der Waals surface area contributed by atoms with Crippen molar-refractivity contribution in [2.24, 2.45) is 0 Å². The van der Waals surface area contributed by atoms with Crippen molar-refractivity contribution in [2.45, 2.75) is 0 Å². The summed E-state index contributed by atoms with van der Waals surface area (Å²) in [7, 11) is 1.63. The minimum absolute atomic E-state index is 0.363. The molecule has 1 aromatic rings. The van der Waals surface area contributed by atoms with Crippen molar-refractivity contribution >= 4 is 17.8 Å². The Balaban J connectivity index is 3.02. The molecule has 11 heavy (non-hydrogen) atoms. The molecule has 0 saturated heterocycles. The molecule has 0 spiro atoms. The van der Waals surface area contributed by atoms with Crippen molar-refractivity contribution in [1.29, 1.82) is 0 Å². The van der Waals surface area contributed by atoms with Gasteiger partial charge in [-0.3, -0.25) is 10.5 Å². The van der Waals surface area contributed by atoms with Crippen LogP contribution in [0, 0.1) is 0 Å². The maximum atomic E-state index is 10.3. The van der Waals surface area contributed by atoms with Crippen molar-refractivity contribution in [1.82, 2.24) is 5.73 Å². The number of rotatable bonds is 2. The molecule has 0 heterocycles. The first-order valence-corrected chi connectivity index (χ1v) is 3.24. The van der Waals surface area contributed by atoms with Gasteiger partial charge in [0.15, 0.2) is 0 Å². The fraction of sp³-hybridized carbons (Fsp3) is 0.125. The van der Waals surface area contributed by atoms with E-state index in [0.717, 1.165) is 0 Å². The summed E-state index contributed by atoms with van der Waals surface area (Å²) in [6.07, 6.45) is 0.688. The first-order valence-electron chi connectivity index (χ1n) is 3.24. The van der Waals surface area contributed by atoms with E-state index >= 15 is 0 Å². The van der Waals surface area contributed by atoms with Crippen LogP contribution >= 0.6 is 0 Å². The summed E-state index contributed by atoms with van der Waals surface area (Å²) in [5, 5.41) is 0. The van der Waals surface area contributed by atoms with Crippen LogP contribution in [0.3, 0.4) is 0 Å². The Kier molecular flexibility index (Phi) is 2.11. The minimum Gasteiger partial charge on any atom is -0.316 e. The molecule has 3 nitrogen and oxygen atoms in total. The van der Waals surface area contributed by atoms with Crippen LogP contribution in [0.4, 0.5) is 11.4 Å². The molecule has 0 fully saturated rings. The molecule has 0 aliphatic heterocycles.